The minimum Gasteiger partial charge on any atom is -0.456 e. The van der Waals surface area contributed by atoms with E-state index in [9.17, 15) is 13.2 Å². The number of nitrogens with two attached hydrogens (primary N) is 1. The van der Waals surface area contributed by atoms with Gasteiger partial charge in [-0.05, 0) is 37.1 Å². The molecule has 1 saturated heterocycles. The molecular formula is C17H23N3O4S. The third-order valence-electron chi connectivity index (χ3n) is 3.82. The van der Waals surface area contributed by atoms with Gasteiger partial charge in [-0.25, -0.2) is 8.42 Å². The minimum atomic E-state index is -3.07. The lowest BCUT2D eigenvalue weighted by atomic mass is 10.1. The average Bonchev–Trinajstić information content (AvgIpc) is 2.92. The van der Waals surface area contributed by atoms with Crippen LogP contribution in [0.5, 0.6) is 5.75 Å². The summed E-state index contributed by atoms with van der Waals surface area (Å²) in [4.78, 5) is 13.6. The Morgan fingerprint density at radius 3 is 2.80 bits per heavy atom. The molecule has 1 fully saturated rings. The number of nitrogens with one attached hydrogen (secondary N) is 1. The number of carbonyl (C=O) groups is 1. The number of nitrogens with zero attached hydrogens (tertiary/aromatic N) is 1. The van der Waals surface area contributed by atoms with Gasteiger partial charge in [-0.1, -0.05) is 0 Å². The van der Waals surface area contributed by atoms with Crippen molar-refractivity contribution in [3.8, 4) is 5.75 Å². The van der Waals surface area contributed by atoms with Gasteiger partial charge in [0.25, 0.3) is 0 Å². The fourth-order valence-electron chi connectivity index (χ4n) is 2.57. The highest BCUT2D eigenvalue weighted by atomic mass is 32.2. The smallest absolute Gasteiger partial charge is 0.222 e. The van der Waals surface area contributed by atoms with E-state index in [-0.39, 0.29) is 23.8 Å². The molecule has 7 nitrogen and oxygen atoms in total. The number of amides is 1. The van der Waals surface area contributed by atoms with Gasteiger partial charge in [0.2, 0.25) is 5.91 Å². The molecular weight excluding hydrogens is 342 g/mol. The third-order valence-corrected chi connectivity index (χ3v) is 4.80. The first-order valence-electron chi connectivity index (χ1n) is 8.01. The first-order valence-corrected chi connectivity index (χ1v) is 10.1. The van der Waals surface area contributed by atoms with Crippen molar-refractivity contribution in [1.29, 1.82) is 5.41 Å². The summed E-state index contributed by atoms with van der Waals surface area (Å²) in [7, 11) is -3.07. The standard InChI is InChI=1S/C17H23N3O4S/c1-25(22,23)9-3-4-15(11-18)24-16-7-6-14(19)10-13(16)12-20-8-2-5-17(20)21/h4,6-7,10-11,18H,2-3,5,8-9,12,19H2,1H3/b15-4+,18-11?. The van der Waals surface area contributed by atoms with Crippen LogP contribution in [-0.4, -0.2) is 44.0 Å². The number of ether oxygens (including phenoxy) is 1. The van der Waals surface area contributed by atoms with Crippen molar-refractivity contribution < 1.29 is 17.9 Å². The lowest BCUT2D eigenvalue weighted by Gasteiger charge is -2.19. The first-order chi connectivity index (χ1) is 11.8. The highest BCUT2D eigenvalue weighted by Gasteiger charge is 2.21. The molecule has 1 aliphatic rings. The molecule has 0 aromatic heterocycles. The molecule has 2 rings (SSSR count). The van der Waals surface area contributed by atoms with Crippen molar-refractivity contribution in [3.63, 3.8) is 0 Å². The maximum absolute atomic E-state index is 11.8. The summed E-state index contributed by atoms with van der Waals surface area (Å²) in [6, 6.07) is 5.13. The molecule has 0 aliphatic carbocycles. The van der Waals surface area contributed by atoms with E-state index in [0.29, 0.717) is 30.9 Å². The van der Waals surface area contributed by atoms with Gasteiger partial charge in [-0.2, -0.15) is 0 Å². The van der Waals surface area contributed by atoms with E-state index in [1.165, 1.54) is 0 Å². The number of rotatable bonds is 8. The Labute approximate surface area is 147 Å². The molecule has 1 aromatic rings. The fourth-order valence-corrected chi connectivity index (χ4v) is 3.12. The zero-order valence-corrected chi connectivity index (χ0v) is 15.0. The Morgan fingerprint density at radius 1 is 1.44 bits per heavy atom. The van der Waals surface area contributed by atoms with Crippen LogP contribution in [-0.2, 0) is 21.2 Å². The Hall–Kier alpha value is -2.35. The number of carbonyl (C=O) groups excluding carboxylic acids is 1. The molecule has 1 aliphatic heterocycles. The fraction of sp³-hybridized carbons (Fsp3) is 0.412. The topological polar surface area (TPSA) is 114 Å². The number of sulfone groups is 1. The molecule has 1 heterocycles. The summed E-state index contributed by atoms with van der Waals surface area (Å²) in [5, 5.41) is 7.46. The molecule has 25 heavy (non-hydrogen) atoms. The Balaban J connectivity index is 2.15. The maximum Gasteiger partial charge on any atom is 0.222 e. The number of anilines is 1. The molecule has 8 heteroatoms. The largest absolute Gasteiger partial charge is 0.456 e. The Kier molecular flexibility index (Phi) is 6.19. The van der Waals surface area contributed by atoms with Crippen molar-refractivity contribution >= 4 is 27.6 Å². The van der Waals surface area contributed by atoms with E-state index in [1.54, 1.807) is 29.2 Å². The second-order valence-electron chi connectivity index (χ2n) is 6.06. The van der Waals surface area contributed by atoms with Crippen LogP contribution in [0, 0.1) is 5.41 Å². The summed E-state index contributed by atoms with van der Waals surface area (Å²) < 4.78 is 28.1. The third kappa shape index (κ3) is 5.90. The minimum absolute atomic E-state index is 0.00935. The van der Waals surface area contributed by atoms with Crippen LogP contribution in [0.3, 0.4) is 0 Å². The van der Waals surface area contributed by atoms with E-state index in [2.05, 4.69) is 0 Å². The van der Waals surface area contributed by atoms with Crippen LogP contribution in [0.15, 0.2) is 30.0 Å². The van der Waals surface area contributed by atoms with E-state index in [4.69, 9.17) is 15.9 Å². The number of hydrogen-bond donors (Lipinski definition) is 2. The van der Waals surface area contributed by atoms with Crippen LogP contribution >= 0.6 is 0 Å². The number of likely N-dealkylation sites (tertiary alicyclic amines) is 1. The lowest BCUT2D eigenvalue weighted by Crippen LogP contribution is -2.24. The highest BCUT2D eigenvalue weighted by molar-refractivity contribution is 7.90. The van der Waals surface area contributed by atoms with E-state index >= 15 is 0 Å². The highest BCUT2D eigenvalue weighted by Crippen LogP contribution is 2.26. The number of benzene rings is 1. The summed E-state index contributed by atoms with van der Waals surface area (Å²) in [6.07, 6.45) is 5.41. The summed E-state index contributed by atoms with van der Waals surface area (Å²) >= 11 is 0. The molecule has 0 bridgehead atoms. The van der Waals surface area contributed by atoms with Crippen LogP contribution in [0.4, 0.5) is 5.69 Å². The van der Waals surface area contributed by atoms with Crippen molar-refractivity contribution in [2.45, 2.75) is 25.8 Å². The van der Waals surface area contributed by atoms with Crippen LogP contribution in [0.1, 0.15) is 24.8 Å². The molecule has 0 unspecified atom stereocenters. The number of hydrogen-bond acceptors (Lipinski definition) is 6. The first kappa shape index (κ1) is 19.0. The number of nitrogen functional groups attached to an aromatic ring is 1. The van der Waals surface area contributed by atoms with Gasteiger partial charge in [-0.15, -0.1) is 0 Å². The molecule has 0 radical (unpaired) electrons. The van der Waals surface area contributed by atoms with Crippen molar-refractivity contribution in [1.82, 2.24) is 4.90 Å². The predicted octanol–water partition coefficient (Wildman–Crippen LogP) is 1.74. The maximum atomic E-state index is 11.8. The zero-order chi connectivity index (χ0) is 18.4. The zero-order valence-electron chi connectivity index (χ0n) is 14.2. The van der Waals surface area contributed by atoms with Gasteiger partial charge >= 0.3 is 0 Å². The number of allylic oxidation sites excluding steroid dienone is 2. The quantitative estimate of drug-likeness (QED) is 0.414. The summed E-state index contributed by atoms with van der Waals surface area (Å²) in [5.41, 5.74) is 7.16. The molecule has 0 spiro atoms. The van der Waals surface area contributed by atoms with Gasteiger partial charge in [0.15, 0.2) is 0 Å². The molecule has 1 amide bonds. The van der Waals surface area contributed by atoms with Gasteiger partial charge in [0, 0.05) is 37.0 Å². The van der Waals surface area contributed by atoms with Crippen LogP contribution < -0.4 is 10.5 Å². The normalized spacial score (nSPS) is 15.5. The Bertz CT molecular complexity index is 787. The van der Waals surface area contributed by atoms with Crippen molar-refractivity contribution in [3.05, 3.63) is 35.6 Å². The summed E-state index contributed by atoms with van der Waals surface area (Å²) in [6.45, 7) is 1.10. The van der Waals surface area contributed by atoms with Crippen molar-refractivity contribution in [2.75, 3.05) is 24.3 Å². The SMILES string of the molecule is CS(=O)(=O)CC/C=C(\C=N)Oc1ccc(N)cc1CN1CCCC1=O. The average molecular weight is 365 g/mol. The van der Waals surface area contributed by atoms with Gasteiger partial charge in [-0.3, -0.25) is 4.79 Å². The van der Waals surface area contributed by atoms with E-state index in [1.807, 2.05) is 0 Å². The van der Waals surface area contributed by atoms with Crippen LogP contribution in [0.2, 0.25) is 0 Å². The molecule has 3 N–H and O–H groups in total. The molecule has 0 atom stereocenters. The monoisotopic (exact) mass is 365 g/mol. The van der Waals surface area contributed by atoms with Crippen LogP contribution in [0.25, 0.3) is 0 Å². The van der Waals surface area contributed by atoms with Gasteiger partial charge in [0.1, 0.15) is 21.3 Å². The molecule has 1 aromatic carbocycles. The van der Waals surface area contributed by atoms with Gasteiger partial charge in [0.05, 0.1) is 12.0 Å². The Morgan fingerprint density at radius 2 is 2.20 bits per heavy atom. The predicted molar refractivity (Wildman–Crippen MR) is 97.3 cm³/mol. The van der Waals surface area contributed by atoms with E-state index < -0.39 is 9.84 Å². The summed E-state index contributed by atoms with van der Waals surface area (Å²) in [5.74, 6) is 0.847. The van der Waals surface area contributed by atoms with E-state index in [0.717, 1.165) is 24.5 Å². The second-order valence-corrected chi connectivity index (χ2v) is 8.32. The second kappa shape index (κ2) is 8.15. The lowest BCUT2D eigenvalue weighted by molar-refractivity contribution is -0.128. The van der Waals surface area contributed by atoms with Crippen molar-refractivity contribution in [2.24, 2.45) is 0 Å². The molecule has 0 saturated carbocycles. The molecule has 136 valence electrons. The van der Waals surface area contributed by atoms with Gasteiger partial charge < -0.3 is 20.8 Å².